The molecule has 1 rings (SSSR count). The van der Waals surface area contributed by atoms with Crippen LogP contribution < -0.4 is 9.47 Å². The maximum atomic E-state index is 10.6. The first-order valence-electron chi connectivity index (χ1n) is 5.49. The van der Waals surface area contributed by atoms with Gasteiger partial charge in [0.1, 0.15) is 0 Å². The van der Waals surface area contributed by atoms with Gasteiger partial charge in [0.25, 0.3) is 0 Å². The minimum absolute atomic E-state index is 0.548. The molecule has 0 unspecified atom stereocenters. The molecule has 1 N–H and O–H groups in total. The Balaban J connectivity index is 3.18. The Labute approximate surface area is 114 Å². The van der Waals surface area contributed by atoms with Crippen molar-refractivity contribution in [2.75, 3.05) is 13.7 Å². The normalized spacial score (nSPS) is 10.6. The molecule has 0 aliphatic carbocycles. The first kappa shape index (κ1) is 14.6. The van der Waals surface area contributed by atoms with E-state index in [0.29, 0.717) is 23.7 Å². The molecule has 0 fully saturated rings. The van der Waals surface area contributed by atoms with Gasteiger partial charge in [0.05, 0.1) is 13.7 Å². The van der Waals surface area contributed by atoms with E-state index >= 15 is 0 Å². The highest BCUT2D eigenvalue weighted by molar-refractivity contribution is 9.10. The van der Waals surface area contributed by atoms with Gasteiger partial charge >= 0.3 is 5.97 Å². The number of aliphatic carboxylic acids is 1. The zero-order chi connectivity index (χ0) is 13.5. The van der Waals surface area contributed by atoms with Crippen LogP contribution in [0, 0.1) is 0 Å². The topological polar surface area (TPSA) is 55.8 Å². The molecule has 0 atom stereocenters. The molecular weight excluding hydrogens is 300 g/mol. The molecular formula is C13H15BrO4. The molecule has 0 radical (unpaired) electrons. The molecule has 1 aromatic rings. The van der Waals surface area contributed by atoms with Crippen molar-refractivity contribution in [3.63, 3.8) is 0 Å². The highest BCUT2D eigenvalue weighted by atomic mass is 79.9. The highest BCUT2D eigenvalue weighted by Gasteiger charge is 2.11. The largest absolute Gasteiger partial charge is 0.493 e. The van der Waals surface area contributed by atoms with Gasteiger partial charge in [-0.1, -0.05) is 22.9 Å². The number of methoxy groups -OCH3 is 1. The molecule has 1 aromatic carbocycles. The van der Waals surface area contributed by atoms with Crippen LogP contribution in [0.15, 0.2) is 22.7 Å². The zero-order valence-electron chi connectivity index (χ0n) is 10.3. The van der Waals surface area contributed by atoms with E-state index in [1.165, 1.54) is 6.08 Å². The molecule has 0 bridgehead atoms. The van der Waals surface area contributed by atoms with Crippen LogP contribution in [0.2, 0.25) is 0 Å². The Morgan fingerprint density at radius 1 is 1.50 bits per heavy atom. The van der Waals surface area contributed by atoms with Crippen LogP contribution in [0.5, 0.6) is 11.5 Å². The highest BCUT2D eigenvalue weighted by Crippen LogP contribution is 2.35. The van der Waals surface area contributed by atoms with Crippen molar-refractivity contribution >= 4 is 28.0 Å². The van der Waals surface area contributed by atoms with Crippen molar-refractivity contribution in [3.8, 4) is 11.5 Å². The summed E-state index contributed by atoms with van der Waals surface area (Å²) in [5.74, 6) is 0.123. The Kier molecular flexibility index (Phi) is 5.71. The minimum atomic E-state index is -1.00. The van der Waals surface area contributed by atoms with Gasteiger partial charge in [-0.25, -0.2) is 4.79 Å². The maximum absolute atomic E-state index is 10.6. The SMILES string of the molecule is CCCOc1c(/C=C/C(=O)O)cc(Br)cc1OC. The third-order valence-corrected chi connectivity index (χ3v) is 2.58. The predicted molar refractivity (Wildman–Crippen MR) is 73.1 cm³/mol. The summed E-state index contributed by atoms with van der Waals surface area (Å²) in [6.07, 6.45) is 3.42. The average molecular weight is 315 g/mol. The van der Waals surface area contributed by atoms with E-state index < -0.39 is 5.97 Å². The van der Waals surface area contributed by atoms with E-state index in [4.69, 9.17) is 14.6 Å². The van der Waals surface area contributed by atoms with Gasteiger partial charge < -0.3 is 14.6 Å². The molecule has 0 amide bonds. The lowest BCUT2D eigenvalue weighted by Crippen LogP contribution is -2.00. The molecule has 18 heavy (non-hydrogen) atoms. The minimum Gasteiger partial charge on any atom is -0.493 e. The quantitative estimate of drug-likeness (QED) is 0.818. The Morgan fingerprint density at radius 2 is 2.22 bits per heavy atom. The average Bonchev–Trinajstić information content (AvgIpc) is 2.34. The van der Waals surface area contributed by atoms with Crippen molar-refractivity contribution in [2.45, 2.75) is 13.3 Å². The van der Waals surface area contributed by atoms with Crippen molar-refractivity contribution < 1.29 is 19.4 Å². The van der Waals surface area contributed by atoms with Gasteiger partial charge in [0, 0.05) is 16.1 Å². The fourth-order valence-electron chi connectivity index (χ4n) is 1.38. The van der Waals surface area contributed by atoms with Gasteiger partial charge in [0.15, 0.2) is 11.5 Å². The molecule has 0 aliphatic rings. The van der Waals surface area contributed by atoms with Crippen LogP contribution in [0.25, 0.3) is 6.08 Å². The molecule has 0 aromatic heterocycles. The predicted octanol–water partition coefficient (Wildman–Crippen LogP) is 3.34. The van der Waals surface area contributed by atoms with E-state index in [2.05, 4.69) is 15.9 Å². The molecule has 98 valence electrons. The summed E-state index contributed by atoms with van der Waals surface area (Å²) in [6.45, 7) is 2.55. The molecule has 0 heterocycles. The Morgan fingerprint density at radius 3 is 2.78 bits per heavy atom. The van der Waals surface area contributed by atoms with E-state index in [1.807, 2.05) is 6.92 Å². The molecule has 0 aliphatic heterocycles. The van der Waals surface area contributed by atoms with Gasteiger partial charge in [-0.2, -0.15) is 0 Å². The van der Waals surface area contributed by atoms with Gasteiger partial charge in [-0.15, -0.1) is 0 Å². The second-order valence-electron chi connectivity index (χ2n) is 3.55. The zero-order valence-corrected chi connectivity index (χ0v) is 11.9. The number of ether oxygens (including phenoxy) is 2. The second-order valence-corrected chi connectivity index (χ2v) is 4.46. The molecule has 0 saturated heterocycles. The van der Waals surface area contributed by atoms with Crippen molar-refractivity contribution in [1.29, 1.82) is 0 Å². The summed E-state index contributed by atoms with van der Waals surface area (Å²) in [4.78, 5) is 10.6. The molecule has 0 spiro atoms. The molecule has 5 heteroatoms. The van der Waals surface area contributed by atoms with Crippen LogP contribution in [0.1, 0.15) is 18.9 Å². The number of hydrogen-bond acceptors (Lipinski definition) is 3. The lowest BCUT2D eigenvalue weighted by molar-refractivity contribution is -0.131. The summed E-state index contributed by atoms with van der Waals surface area (Å²) < 4.78 is 11.6. The van der Waals surface area contributed by atoms with Crippen LogP contribution in [0.4, 0.5) is 0 Å². The van der Waals surface area contributed by atoms with E-state index in [-0.39, 0.29) is 0 Å². The number of carbonyl (C=O) groups is 1. The third-order valence-electron chi connectivity index (χ3n) is 2.12. The van der Waals surface area contributed by atoms with E-state index in [9.17, 15) is 4.79 Å². The monoisotopic (exact) mass is 314 g/mol. The number of carboxylic acids is 1. The lowest BCUT2D eigenvalue weighted by atomic mass is 10.1. The van der Waals surface area contributed by atoms with E-state index in [0.717, 1.165) is 17.0 Å². The van der Waals surface area contributed by atoms with Gasteiger partial charge in [0.2, 0.25) is 0 Å². The van der Waals surface area contributed by atoms with Crippen molar-refractivity contribution in [2.24, 2.45) is 0 Å². The summed E-state index contributed by atoms with van der Waals surface area (Å²) in [5, 5.41) is 8.67. The first-order chi connectivity index (χ1) is 8.58. The Hall–Kier alpha value is -1.49. The maximum Gasteiger partial charge on any atom is 0.328 e. The standard InChI is InChI=1S/C13H15BrO4/c1-3-6-18-13-9(4-5-12(15)16)7-10(14)8-11(13)17-2/h4-5,7-8H,3,6H2,1-2H3,(H,15,16)/b5-4+. The summed E-state index contributed by atoms with van der Waals surface area (Å²) >= 11 is 3.35. The number of carboxylic acid groups (broad SMARTS) is 1. The summed E-state index contributed by atoms with van der Waals surface area (Å²) in [6, 6.07) is 3.57. The number of halogens is 1. The van der Waals surface area contributed by atoms with E-state index in [1.54, 1.807) is 19.2 Å². The van der Waals surface area contributed by atoms with Gasteiger partial charge in [-0.3, -0.25) is 0 Å². The number of rotatable bonds is 6. The van der Waals surface area contributed by atoms with Gasteiger partial charge in [-0.05, 0) is 24.6 Å². The van der Waals surface area contributed by atoms with Crippen LogP contribution in [0.3, 0.4) is 0 Å². The number of hydrogen-bond donors (Lipinski definition) is 1. The summed E-state index contributed by atoms with van der Waals surface area (Å²) in [5.41, 5.74) is 0.664. The van der Waals surface area contributed by atoms with Crippen molar-refractivity contribution in [1.82, 2.24) is 0 Å². The summed E-state index contributed by atoms with van der Waals surface area (Å²) in [7, 11) is 1.55. The van der Waals surface area contributed by atoms with Crippen LogP contribution in [-0.2, 0) is 4.79 Å². The molecule has 0 saturated carbocycles. The fraction of sp³-hybridized carbons (Fsp3) is 0.308. The lowest BCUT2D eigenvalue weighted by Gasteiger charge is -2.13. The van der Waals surface area contributed by atoms with Crippen molar-refractivity contribution in [3.05, 3.63) is 28.2 Å². The second kappa shape index (κ2) is 7.06. The third kappa shape index (κ3) is 4.07. The fourth-order valence-corrected chi connectivity index (χ4v) is 1.84. The van der Waals surface area contributed by atoms with Crippen LogP contribution in [-0.4, -0.2) is 24.8 Å². The first-order valence-corrected chi connectivity index (χ1v) is 6.29. The van der Waals surface area contributed by atoms with Crippen LogP contribution >= 0.6 is 15.9 Å². The smallest absolute Gasteiger partial charge is 0.328 e. The Bertz CT molecular complexity index is 455. The number of benzene rings is 1. The molecule has 4 nitrogen and oxygen atoms in total.